The summed E-state index contributed by atoms with van der Waals surface area (Å²) < 4.78 is 45.9. The minimum absolute atomic E-state index is 0.0691. The van der Waals surface area contributed by atoms with Gasteiger partial charge in [-0.25, -0.2) is 17.5 Å². The Morgan fingerprint density at radius 2 is 1.62 bits per heavy atom. The molecule has 0 aliphatic rings. The molecule has 3 N–H and O–H groups in total. The van der Waals surface area contributed by atoms with Crippen LogP contribution in [0.5, 0.6) is 5.75 Å². The van der Waals surface area contributed by atoms with Crippen molar-refractivity contribution in [3.8, 4) is 5.75 Å². The van der Waals surface area contributed by atoms with Crippen molar-refractivity contribution in [2.24, 2.45) is 0 Å². The predicted octanol–water partition coefficient (Wildman–Crippen LogP) is 2.92. The van der Waals surface area contributed by atoms with Gasteiger partial charge < -0.3 is 4.74 Å². The maximum atomic E-state index is 12.9. The van der Waals surface area contributed by atoms with Crippen LogP contribution in [-0.4, -0.2) is 26.8 Å². The Labute approximate surface area is 197 Å². The Morgan fingerprint density at radius 3 is 2.35 bits per heavy atom. The fraction of sp³-hybridized carbons (Fsp3) is 0.167. The van der Waals surface area contributed by atoms with Crippen molar-refractivity contribution < 1.29 is 27.1 Å². The maximum absolute atomic E-state index is 12.9. The van der Waals surface area contributed by atoms with E-state index in [4.69, 9.17) is 4.74 Å². The SMILES string of the molecule is O=C(CCCOc1ccc(F)cc1)NNC(=O)c1cccc(S(=O)(=O)NCc2ccccc2)c1. The van der Waals surface area contributed by atoms with E-state index in [0.29, 0.717) is 12.2 Å². The standard InChI is InChI=1S/C24H24FN3O5S/c25-20-11-13-21(14-12-20)33-15-5-10-23(29)27-28-24(30)19-8-4-9-22(16-19)34(31,32)26-17-18-6-2-1-3-7-18/h1-4,6-9,11-14,16,26H,5,10,15,17H2,(H,27,29)(H,28,30). The molecular formula is C24H24FN3O5S. The Balaban J connectivity index is 1.45. The molecule has 10 heteroatoms. The number of sulfonamides is 1. The highest BCUT2D eigenvalue weighted by atomic mass is 32.2. The minimum atomic E-state index is -3.84. The van der Waals surface area contributed by atoms with Crippen LogP contribution in [0.1, 0.15) is 28.8 Å². The van der Waals surface area contributed by atoms with Gasteiger partial charge in [0.2, 0.25) is 15.9 Å². The predicted molar refractivity (Wildman–Crippen MR) is 124 cm³/mol. The third-order valence-electron chi connectivity index (χ3n) is 4.66. The lowest BCUT2D eigenvalue weighted by molar-refractivity contribution is -0.122. The summed E-state index contributed by atoms with van der Waals surface area (Å²) in [5, 5.41) is 0. The molecule has 0 saturated carbocycles. The fourth-order valence-corrected chi connectivity index (χ4v) is 3.94. The molecule has 0 bridgehead atoms. The quantitative estimate of drug-likeness (QED) is 0.302. The number of benzene rings is 3. The molecule has 0 radical (unpaired) electrons. The van der Waals surface area contributed by atoms with E-state index < -0.39 is 21.8 Å². The minimum Gasteiger partial charge on any atom is -0.494 e. The van der Waals surface area contributed by atoms with Gasteiger partial charge in [-0.3, -0.25) is 20.4 Å². The van der Waals surface area contributed by atoms with Gasteiger partial charge in [-0.2, -0.15) is 0 Å². The lowest BCUT2D eigenvalue weighted by atomic mass is 10.2. The maximum Gasteiger partial charge on any atom is 0.269 e. The highest BCUT2D eigenvalue weighted by Gasteiger charge is 2.16. The topological polar surface area (TPSA) is 114 Å². The summed E-state index contributed by atoms with van der Waals surface area (Å²) >= 11 is 0. The van der Waals surface area contributed by atoms with Crippen LogP contribution in [0.4, 0.5) is 4.39 Å². The van der Waals surface area contributed by atoms with E-state index in [2.05, 4.69) is 15.6 Å². The zero-order valence-corrected chi connectivity index (χ0v) is 19.0. The molecule has 3 aromatic rings. The summed E-state index contributed by atoms with van der Waals surface area (Å²) in [5.41, 5.74) is 5.42. The average molecular weight is 486 g/mol. The van der Waals surface area contributed by atoms with Crippen molar-refractivity contribution in [1.82, 2.24) is 15.6 Å². The molecule has 0 aliphatic heterocycles. The molecule has 0 aliphatic carbocycles. The van der Waals surface area contributed by atoms with E-state index in [0.717, 1.165) is 5.56 Å². The van der Waals surface area contributed by atoms with E-state index in [1.807, 2.05) is 18.2 Å². The number of halogens is 1. The number of hydrogen-bond acceptors (Lipinski definition) is 5. The molecule has 0 aromatic heterocycles. The summed E-state index contributed by atoms with van der Waals surface area (Å²) in [4.78, 5) is 24.2. The molecule has 0 atom stereocenters. The van der Waals surface area contributed by atoms with Gasteiger partial charge in [-0.05, 0) is 54.4 Å². The lowest BCUT2D eigenvalue weighted by Gasteiger charge is -2.10. The van der Waals surface area contributed by atoms with Gasteiger partial charge in [0.05, 0.1) is 11.5 Å². The molecule has 0 unspecified atom stereocenters. The zero-order chi connectivity index (χ0) is 24.4. The van der Waals surface area contributed by atoms with Crippen molar-refractivity contribution >= 4 is 21.8 Å². The Kier molecular flexibility index (Phi) is 8.72. The second-order valence-corrected chi connectivity index (χ2v) is 9.01. The second-order valence-electron chi connectivity index (χ2n) is 7.25. The third-order valence-corrected chi connectivity index (χ3v) is 6.06. The van der Waals surface area contributed by atoms with Gasteiger partial charge in [0.25, 0.3) is 5.91 Å². The molecule has 0 heterocycles. The van der Waals surface area contributed by atoms with Gasteiger partial charge >= 0.3 is 0 Å². The van der Waals surface area contributed by atoms with Gasteiger partial charge in [0.15, 0.2) is 0 Å². The highest BCUT2D eigenvalue weighted by molar-refractivity contribution is 7.89. The van der Waals surface area contributed by atoms with E-state index in [-0.39, 0.29) is 35.8 Å². The second kappa shape index (κ2) is 11.9. The molecule has 0 saturated heterocycles. The van der Waals surface area contributed by atoms with E-state index in [1.54, 1.807) is 12.1 Å². The fourth-order valence-electron chi connectivity index (χ4n) is 2.88. The largest absolute Gasteiger partial charge is 0.494 e. The van der Waals surface area contributed by atoms with Crippen LogP contribution in [0.2, 0.25) is 0 Å². The Morgan fingerprint density at radius 1 is 0.882 bits per heavy atom. The average Bonchev–Trinajstić information content (AvgIpc) is 2.86. The van der Waals surface area contributed by atoms with Crippen LogP contribution >= 0.6 is 0 Å². The Bertz CT molecular complexity index is 1220. The number of carbonyl (C=O) groups is 2. The first kappa shape index (κ1) is 24.9. The first-order chi connectivity index (χ1) is 16.3. The number of amides is 2. The van der Waals surface area contributed by atoms with Gasteiger partial charge in [-0.1, -0.05) is 36.4 Å². The summed E-state index contributed by atoms with van der Waals surface area (Å²) in [5.74, 6) is -0.974. The van der Waals surface area contributed by atoms with Crippen LogP contribution in [0.15, 0.2) is 83.8 Å². The van der Waals surface area contributed by atoms with E-state index in [1.165, 1.54) is 48.5 Å². The smallest absolute Gasteiger partial charge is 0.269 e. The molecule has 3 rings (SSSR count). The molecule has 0 spiro atoms. The van der Waals surface area contributed by atoms with Crippen LogP contribution in [-0.2, 0) is 21.4 Å². The molecule has 2 amide bonds. The van der Waals surface area contributed by atoms with Gasteiger partial charge in [-0.15, -0.1) is 0 Å². The Hall–Kier alpha value is -3.76. The molecule has 0 fully saturated rings. The number of ether oxygens (including phenoxy) is 1. The van der Waals surface area contributed by atoms with Crippen LogP contribution < -0.4 is 20.3 Å². The summed E-state index contributed by atoms with van der Waals surface area (Å²) in [6.07, 6.45) is 0.458. The number of hydrazine groups is 1. The van der Waals surface area contributed by atoms with E-state index >= 15 is 0 Å². The summed E-state index contributed by atoms with van der Waals surface area (Å²) in [6.45, 7) is 0.351. The number of carbonyl (C=O) groups excluding carboxylic acids is 2. The number of nitrogens with one attached hydrogen (secondary N) is 3. The molecular weight excluding hydrogens is 461 g/mol. The van der Waals surface area contributed by atoms with Crippen molar-refractivity contribution in [3.05, 3.63) is 95.8 Å². The highest BCUT2D eigenvalue weighted by Crippen LogP contribution is 2.13. The number of hydrogen-bond donors (Lipinski definition) is 3. The van der Waals surface area contributed by atoms with Crippen molar-refractivity contribution in [2.45, 2.75) is 24.3 Å². The van der Waals surface area contributed by atoms with Crippen LogP contribution in [0, 0.1) is 5.82 Å². The zero-order valence-electron chi connectivity index (χ0n) is 18.2. The molecule has 3 aromatic carbocycles. The lowest BCUT2D eigenvalue weighted by Crippen LogP contribution is -2.41. The molecule has 8 nitrogen and oxygen atoms in total. The van der Waals surface area contributed by atoms with Gasteiger partial charge in [0.1, 0.15) is 11.6 Å². The van der Waals surface area contributed by atoms with Crippen molar-refractivity contribution in [3.63, 3.8) is 0 Å². The summed E-state index contributed by atoms with van der Waals surface area (Å²) in [6, 6.07) is 20.1. The third kappa shape index (κ3) is 7.68. The molecule has 178 valence electrons. The summed E-state index contributed by atoms with van der Waals surface area (Å²) in [7, 11) is -3.84. The van der Waals surface area contributed by atoms with E-state index in [9.17, 15) is 22.4 Å². The van der Waals surface area contributed by atoms with Crippen molar-refractivity contribution in [1.29, 1.82) is 0 Å². The number of rotatable bonds is 10. The normalized spacial score (nSPS) is 11.0. The first-order valence-electron chi connectivity index (χ1n) is 10.4. The first-order valence-corrected chi connectivity index (χ1v) is 11.9. The van der Waals surface area contributed by atoms with Crippen LogP contribution in [0.25, 0.3) is 0 Å². The monoisotopic (exact) mass is 485 g/mol. The van der Waals surface area contributed by atoms with Crippen LogP contribution in [0.3, 0.4) is 0 Å². The van der Waals surface area contributed by atoms with Gasteiger partial charge in [0, 0.05) is 18.5 Å². The van der Waals surface area contributed by atoms with Crippen molar-refractivity contribution in [2.75, 3.05) is 6.61 Å². The molecule has 34 heavy (non-hydrogen) atoms.